The van der Waals surface area contributed by atoms with Crippen molar-refractivity contribution in [2.75, 3.05) is 18.1 Å². The molecule has 3 heteroatoms. The van der Waals surface area contributed by atoms with Crippen molar-refractivity contribution in [3.8, 4) is 0 Å². The average molecular weight is 255 g/mol. The van der Waals surface area contributed by atoms with Crippen molar-refractivity contribution in [2.24, 2.45) is 5.92 Å². The summed E-state index contributed by atoms with van der Waals surface area (Å²) in [7, 11) is 0. The van der Waals surface area contributed by atoms with E-state index in [2.05, 4.69) is 42.4 Å². The zero-order chi connectivity index (χ0) is 11.4. The van der Waals surface area contributed by atoms with Gasteiger partial charge in [-0.2, -0.15) is 11.8 Å². The van der Waals surface area contributed by atoms with Crippen molar-refractivity contribution in [1.82, 2.24) is 5.32 Å². The molecule has 1 saturated heterocycles. The number of nitrogens with one attached hydrogen (secondary N) is 1. The molecule has 1 aromatic rings. The van der Waals surface area contributed by atoms with E-state index in [0.29, 0.717) is 6.04 Å². The summed E-state index contributed by atoms with van der Waals surface area (Å²) in [5, 5.41) is 6.07. The van der Waals surface area contributed by atoms with Gasteiger partial charge >= 0.3 is 0 Å². The minimum atomic E-state index is 0.597. The van der Waals surface area contributed by atoms with Gasteiger partial charge in [0.1, 0.15) is 0 Å². The molecule has 1 N–H and O–H groups in total. The third-order valence-corrected chi connectivity index (χ3v) is 5.23. The van der Waals surface area contributed by atoms with Crippen LogP contribution in [0.3, 0.4) is 0 Å². The summed E-state index contributed by atoms with van der Waals surface area (Å²) in [6.45, 7) is 5.58. The molecule has 1 aliphatic rings. The maximum absolute atomic E-state index is 3.73. The summed E-state index contributed by atoms with van der Waals surface area (Å²) in [5.41, 5.74) is 1.52. The van der Waals surface area contributed by atoms with Gasteiger partial charge in [-0.25, -0.2) is 0 Å². The molecule has 2 unspecified atom stereocenters. The molecule has 90 valence electrons. The Balaban J connectivity index is 2.06. The van der Waals surface area contributed by atoms with E-state index in [1.807, 2.05) is 11.3 Å². The van der Waals surface area contributed by atoms with Crippen LogP contribution < -0.4 is 5.32 Å². The Morgan fingerprint density at radius 2 is 2.44 bits per heavy atom. The molecule has 2 rings (SSSR count). The third-order valence-electron chi connectivity index (χ3n) is 3.16. The van der Waals surface area contributed by atoms with Crippen molar-refractivity contribution in [3.63, 3.8) is 0 Å². The normalized spacial score (nSPS) is 22.5. The van der Waals surface area contributed by atoms with Crippen LogP contribution >= 0.6 is 23.1 Å². The van der Waals surface area contributed by atoms with E-state index in [1.165, 1.54) is 34.8 Å². The topological polar surface area (TPSA) is 12.0 Å². The fourth-order valence-corrected chi connectivity index (χ4v) is 4.34. The molecular weight excluding hydrogens is 234 g/mol. The number of thioether (sulfide) groups is 1. The number of aryl methyl sites for hydroxylation is 1. The number of rotatable bonds is 5. The Labute approximate surface area is 107 Å². The standard InChI is InChI=1S/C13H21NS2/c1-3-5-14-13(11-4-6-15-8-11)12-7-10(2)16-9-12/h7,9,11,13-14H,3-6,8H2,1-2H3. The van der Waals surface area contributed by atoms with E-state index in [0.717, 1.165) is 12.5 Å². The second kappa shape index (κ2) is 6.08. The van der Waals surface area contributed by atoms with Gasteiger partial charge in [0, 0.05) is 10.9 Å². The molecule has 0 aliphatic carbocycles. The fourth-order valence-electron chi connectivity index (χ4n) is 2.30. The minimum Gasteiger partial charge on any atom is -0.310 e. The lowest BCUT2D eigenvalue weighted by Crippen LogP contribution is -2.28. The van der Waals surface area contributed by atoms with Gasteiger partial charge in [0.25, 0.3) is 0 Å². The molecule has 2 heterocycles. The van der Waals surface area contributed by atoms with E-state index in [9.17, 15) is 0 Å². The van der Waals surface area contributed by atoms with Crippen LogP contribution in [-0.4, -0.2) is 18.1 Å². The van der Waals surface area contributed by atoms with Crippen molar-refractivity contribution in [1.29, 1.82) is 0 Å². The molecule has 0 radical (unpaired) electrons. The van der Waals surface area contributed by atoms with E-state index >= 15 is 0 Å². The number of hydrogen-bond acceptors (Lipinski definition) is 3. The monoisotopic (exact) mass is 255 g/mol. The first kappa shape index (κ1) is 12.5. The first-order valence-corrected chi connectivity index (χ1v) is 8.21. The van der Waals surface area contributed by atoms with Crippen LogP contribution in [0, 0.1) is 12.8 Å². The third kappa shape index (κ3) is 3.02. The van der Waals surface area contributed by atoms with Gasteiger partial charge in [0.2, 0.25) is 0 Å². The summed E-state index contributed by atoms with van der Waals surface area (Å²) in [5.74, 6) is 3.51. The molecule has 1 nitrogen and oxygen atoms in total. The first-order chi connectivity index (χ1) is 7.81. The minimum absolute atomic E-state index is 0.597. The highest BCUT2D eigenvalue weighted by atomic mass is 32.2. The zero-order valence-corrected chi connectivity index (χ0v) is 11.8. The quantitative estimate of drug-likeness (QED) is 0.857. The van der Waals surface area contributed by atoms with Crippen molar-refractivity contribution in [3.05, 3.63) is 21.9 Å². The van der Waals surface area contributed by atoms with Gasteiger partial charge in [-0.05, 0) is 60.7 Å². The van der Waals surface area contributed by atoms with Crippen LogP contribution in [0.2, 0.25) is 0 Å². The van der Waals surface area contributed by atoms with Crippen LogP contribution in [0.25, 0.3) is 0 Å². The van der Waals surface area contributed by atoms with Gasteiger partial charge < -0.3 is 5.32 Å². The van der Waals surface area contributed by atoms with Gasteiger partial charge in [-0.15, -0.1) is 11.3 Å². The Morgan fingerprint density at radius 1 is 1.56 bits per heavy atom. The molecule has 1 aliphatic heterocycles. The van der Waals surface area contributed by atoms with E-state index < -0.39 is 0 Å². The lowest BCUT2D eigenvalue weighted by molar-refractivity contribution is 0.394. The lowest BCUT2D eigenvalue weighted by Gasteiger charge is -2.23. The van der Waals surface area contributed by atoms with E-state index in [1.54, 1.807) is 0 Å². The van der Waals surface area contributed by atoms with Crippen molar-refractivity contribution >= 4 is 23.1 Å². The molecular formula is C13H21NS2. The van der Waals surface area contributed by atoms with E-state index in [-0.39, 0.29) is 0 Å². The second-order valence-corrected chi connectivity index (χ2v) is 6.81. The summed E-state index contributed by atoms with van der Waals surface area (Å²) in [6.07, 6.45) is 2.60. The molecule has 2 atom stereocenters. The Morgan fingerprint density at radius 3 is 3.00 bits per heavy atom. The van der Waals surface area contributed by atoms with Crippen LogP contribution in [-0.2, 0) is 0 Å². The smallest absolute Gasteiger partial charge is 0.0365 e. The Hall–Kier alpha value is 0.01000. The van der Waals surface area contributed by atoms with Gasteiger partial charge in [0.15, 0.2) is 0 Å². The SMILES string of the molecule is CCCNC(c1csc(C)c1)C1CCSC1. The molecule has 0 aromatic carbocycles. The second-order valence-electron chi connectivity index (χ2n) is 4.55. The number of thiophene rings is 1. The largest absolute Gasteiger partial charge is 0.310 e. The van der Waals surface area contributed by atoms with Crippen molar-refractivity contribution < 1.29 is 0 Å². The molecule has 0 saturated carbocycles. The van der Waals surface area contributed by atoms with Crippen LogP contribution in [0.15, 0.2) is 11.4 Å². The van der Waals surface area contributed by atoms with Gasteiger partial charge in [-0.3, -0.25) is 0 Å². The van der Waals surface area contributed by atoms with Crippen LogP contribution in [0.1, 0.15) is 36.2 Å². The fraction of sp³-hybridized carbons (Fsp3) is 0.692. The zero-order valence-electron chi connectivity index (χ0n) is 10.2. The molecule has 1 aromatic heterocycles. The highest BCUT2D eigenvalue weighted by Gasteiger charge is 2.26. The van der Waals surface area contributed by atoms with Crippen LogP contribution in [0.4, 0.5) is 0 Å². The Bertz CT molecular complexity index is 315. The molecule has 0 amide bonds. The summed E-state index contributed by atoms with van der Waals surface area (Å²) < 4.78 is 0. The molecule has 0 bridgehead atoms. The average Bonchev–Trinajstić information content (AvgIpc) is 2.91. The highest BCUT2D eigenvalue weighted by Crippen LogP contribution is 2.35. The Kier molecular flexibility index (Phi) is 4.74. The van der Waals surface area contributed by atoms with Crippen LogP contribution in [0.5, 0.6) is 0 Å². The predicted molar refractivity (Wildman–Crippen MR) is 75.5 cm³/mol. The first-order valence-electron chi connectivity index (χ1n) is 6.17. The number of hydrogen-bond donors (Lipinski definition) is 1. The molecule has 16 heavy (non-hydrogen) atoms. The molecule has 0 spiro atoms. The van der Waals surface area contributed by atoms with Gasteiger partial charge in [0.05, 0.1) is 0 Å². The summed E-state index contributed by atoms with van der Waals surface area (Å²) >= 11 is 3.99. The lowest BCUT2D eigenvalue weighted by atomic mass is 9.94. The molecule has 1 fully saturated rings. The van der Waals surface area contributed by atoms with E-state index in [4.69, 9.17) is 0 Å². The maximum Gasteiger partial charge on any atom is 0.0365 e. The maximum atomic E-state index is 3.73. The highest BCUT2D eigenvalue weighted by molar-refractivity contribution is 7.99. The summed E-state index contributed by atoms with van der Waals surface area (Å²) in [6, 6.07) is 2.96. The predicted octanol–water partition coefficient (Wildman–Crippen LogP) is 3.85. The summed E-state index contributed by atoms with van der Waals surface area (Å²) in [4.78, 5) is 1.43. The van der Waals surface area contributed by atoms with Gasteiger partial charge in [-0.1, -0.05) is 6.92 Å². The van der Waals surface area contributed by atoms with Crippen molar-refractivity contribution in [2.45, 2.75) is 32.7 Å².